The number of amidine groups is 1. The van der Waals surface area contributed by atoms with Gasteiger partial charge in [-0.15, -0.1) is 12.8 Å². The van der Waals surface area contributed by atoms with Gasteiger partial charge in [0.25, 0.3) is 5.91 Å². The first-order valence-electron chi connectivity index (χ1n) is 14.5. The van der Waals surface area contributed by atoms with E-state index in [0.29, 0.717) is 16.4 Å². The summed E-state index contributed by atoms with van der Waals surface area (Å²) >= 11 is 6.11. The lowest BCUT2D eigenvalue weighted by molar-refractivity contribution is 0.0391. The molecule has 218 valence electrons. The summed E-state index contributed by atoms with van der Waals surface area (Å²) in [5.74, 6) is 1.73. The number of halogens is 1. The maximum Gasteiger partial charge on any atom is 0.251 e. The van der Waals surface area contributed by atoms with Gasteiger partial charge in [0.05, 0.1) is 30.3 Å². The van der Waals surface area contributed by atoms with E-state index in [9.17, 15) is 4.79 Å². The van der Waals surface area contributed by atoms with E-state index >= 15 is 0 Å². The average molecular weight is 577 g/mol. The minimum absolute atomic E-state index is 0.124. The van der Waals surface area contributed by atoms with Gasteiger partial charge in [-0.05, 0) is 68.7 Å². The molecule has 3 heterocycles. The van der Waals surface area contributed by atoms with Crippen molar-refractivity contribution in [2.75, 3.05) is 50.8 Å². The first-order valence-corrected chi connectivity index (χ1v) is 14.9. The lowest BCUT2D eigenvalue weighted by atomic mass is 10.1. The molecule has 2 aliphatic heterocycles. The largest absolute Gasteiger partial charge is 0.379 e. The standard InChI is InChI=1S/C30H39ClN6O2.C2H2/c1-21-19-23(30(38)33-22(2)29-34-25-9-8-24(31)20-26(25)35-29)7-10-27(21)37-13-6-4-3-5-12-32-28(37)11-14-36-15-17-39-18-16-36;1-2/h7-10,19-20,22H,3-6,11-18H2,1-2H3,(H,33,38)(H,34,35);1-2H. The third-order valence-electron chi connectivity index (χ3n) is 7.62. The molecule has 1 saturated heterocycles. The molecule has 3 aromatic rings. The predicted molar refractivity (Wildman–Crippen MR) is 168 cm³/mol. The maximum absolute atomic E-state index is 13.2. The van der Waals surface area contributed by atoms with E-state index in [1.165, 1.54) is 12.8 Å². The Bertz CT molecular complexity index is 1360. The molecule has 1 aromatic heterocycles. The Kier molecular flexibility index (Phi) is 11.2. The van der Waals surface area contributed by atoms with Crippen molar-refractivity contribution in [1.82, 2.24) is 20.2 Å². The number of aryl methyl sites for hydroxylation is 1. The molecule has 0 bridgehead atoms. The molecule has 41 heavy (non-hydrogen) atoms. The van der Waals surface area contributed by atoms with E-state index in [1.54, 1.807) is 0 Å². The fourth-order valence-corrected chi connectivity index (χ4v) is 5.54. The monoisotopic (exact) mass is 576 g/mol. The van der Waals surface area contributed by atoms with Crippen molar-refractivity contribution >= 4 is 40.1 Å². The summed E-state index contributed by atoms with van der Waals surface area (Å²) < 4.78 is 5.52. The maximum atomic E-state index is 13.2. The van der Waals surface area contributed by atoms with Crippen LogP contribution in [0.5, 0.6) is 0 Å². The number of aromatic amines is 1. The van der Waals surface area contributed by atoms with Crippen LogP contribution < -0.4 is 10.2 Å². The number of H-pyrrole nitrogens is 1. The van der Waals surface area contributed by atoms with Crippen LogP contribution in [-0.4, -0.2) is 72.5 Å². The minimum Gasteiger partial charge on any atom is -0.379 e. The van der Waals surface area contributed by atoms with Crippen molar-refractivity contribution in [2.24, 2.45) is 4.99 Å². The summed E-state index contributed by atoms with van der Waals surface area (Å²) in [6.07, 6.45) is 13.6. The number of imidazole rings is 1. The third kappa shape index (κ3) is 8.10. The molecule has 1 amide bonds. The molecule has 0 aliphatic carbocycles. The van der Waals surface area contributed by atoms with Crippen molar-refractivity contribution in [3.8, 4) is 12.8 Å². The van der Waals surface area contributed by atoms with Gasteiger partial charge in [-0.1, -0.05) is 24.4 Å². The number of aromatic nitrogens is 2. The fraction of sp³-hybridized carbons (Fsp3) is 0.469. The zero-order chi connectivity index (χ0) is 29.2. The molecule has 2 aliphatic rings. The van der Waals surface area contributed by atoms with Crippen LogP contribution >= 0.6 is 11.6 Å². The molecule has 1 fully saturated rings. The smallest absolute Gasteiger partial charge is 0.251 e. The fourth-order valence-electron chi connectivity index (χ4n) is 5.37. The van der Waals surface area contributed by atoms with Crippen LogP contribution in [0.1, 0.15) is 66.8 Å². The van der Waals surface area contributed by atoms with Gasteiger partial charge in [-0.25, -0.2) is 4.98 Å². The van der Waals surface area contributed by atoms with Crippen LogP contribution in [0.4, 0.5) is 5.69 Å². The summed E-state index contributed by atoms with van der Waals surface area (Å²) in [4.78, 5) is 31.0. The zero-order valence-corrected chi connectivity index (χ0v) is 24.9. The summed E-state index contributed by atoms with van der Waals surface area (Å²) in [5, 5.41) is 3.74. The SMILES string of the molecule is C#C.Cc1cc(C(=O)NC(C)c2nc3ccc(Cl)cc3[nH]2)ccc1N1CCCCCCN=C1CCN1CCOCC1. The van der Waals surface area contributed by atoms with Crippen molar-refractivity contribution < 1.29 is 9.53 Å². The van der Waals surface area contributed by atoms with Gasteiger partial charge < -0.3 is 19.9 Å². The third-order valence-corrected chi connectivity index (χ3v) is 7.86. The second kappa shape index (κ2) is 15.0. The summed E-state index contributed by atoms with van der Waals surface area (Å²) in [6.45, 7) is 10.4. The second-order valence-corrected chi connectivity index (χ2v) is 11.0. The lowest BCUT2D eigenvalue weighted by Crippen LogP contribution is -2.40. The summed E-state index contributed by atoms with van der Waals surface area (Å²) in [6, 6.07) is 11.3. The first-order chi connectivity index (χ1) is 20.0. The van der Waals surface area contributed by atoms with Crippen LogP contribution in [0.15, 0.2) is 41.4 Å². The van der Waals surface area contributed by atoms with Gasteiger partial charge in [0.15, 0.2) is 0 Å². The highest BCUT2D eigenvalue weighted by atomic mass is 35.5. The number of nitrogens with zero attached hydrogens (tertiary/aromatic N) is 4. The molecule has 9 heteroatoms. The number of fused-ring (bicyclic) bond motifs is 1. The van der Waals surface area contributed by atoms with Gasteiger partial charge in [0, 0.05) is 55.4 Å². The van der Waals surface area contributed by atoms with E-state index in [2.05, 4.69) is 50.9 Å². The van der Waals surface area contributed by atoms with Crippen molar-refractivity contribution in [2.45, 2.75) is 52.0 Å². The molecular formula is C32H41ClN6O2. The summed E-state index contributed by atoms with van der Waals surface area (Å²) in [5.41, 5.74) is 4.53. The number of carbonyl (C=O) groups excluding carboxylic acids is 1. The predicted octanol–water partition coefficient (Wildman–Crippen LogP) is 5.77. The number of amides is 1. The highest BCUT2D eigenvalue weighted by Crippen LogP contribution is 2.26. The molecule has 2 aromatic carbocycles. The molecule has 0 spiro atoms. The Hall–Kier alpha value is -3.38. The number of hydrogen-bond acceptors (Lipinski definition) is 6. The number of carbonyl (C=O) groups is 1. The van der Waals surface area contributed by atoms with E-state index in [0.717, 1.165) is 93.3 Å². The molecule has 0 radical (unpaired) electrons. The average Bonchev–Trinajstić information content (AvgIpc) is 3.45. The highest BCUT2D eigenvalue weighted by molar-refractivity contribution is 6.31. The van der Waals surface area contributed by atoms with Crippen LogP contribution in [0.3, 0.4) is 0 Å². The Balaban J connectivity index is 0.00000189. The number of nitrogens with one attached hydrogen (secondary N) is 2. The van der Waals surface area contributed by atoms with Crippen molar-refractivity contribution in [1.29, 1.82) is 0 Å². The number of morpholine rings is 1. The topological polar surface area (TPSA) is 85.8 Å². The summed E-state index contributed by atoms with van der Waals surface area (Å²) in [7, 11) is 0. The number of hydrogen-bond donors (Lipinski definition) is 2. The van der Waals surface area contributed by atoms with Gasteiger partial charge in [-0.3, -0.25) is 14.7 Å². The molecule has 2 N–H and O–H groups in total. The molecule has 5 rings (SSSR count). The van der Waals surface area contributed by atoms with Gasteiger partial charge >= 0.3 is 0 Å². The van der Waals surface area contributed by atoms with E-state index in [-0.39, 0.29) is 11.9 Å². The number of anilines is 1. The molecule has 1 atom stereocenters. The molecule has 8 nitrogen and oxygen atoms in total. The Labute approximate surface area is 248 Å². The van der Waals surface area contributed by atoms with Crippen molar-refractivity contribution in [3.63, 3.8) is 0 Å². The number of aliphatic imine (C=N–C) groups is 1. The number of terminal acetylenes is 1. The quantitative estimate of drug-likeness (QED) is 0.349. The Morgan fingerprint density at radius 3 is 2.66 bits per heavy atom. The van der Waals surface area contributed by atoms with E-state index in [4.69, 9.17) is 21.3 Å². The number of benzene rings is 2. The van der Waals surface area contributed by atoms with Crippen LogP contribution in [-0.2, 0) is 4.74 Å². The normalized spacial score (nSPS) is 17.4. The molecular weight excluding hydrogens is 536 g/mol. The van der Waals surface area contributed by atoms with Crippen molar-refractivity contribution in [3.05, 3.63) is 58.4 Å². The van der Waals surface area contributed by atoms with Crippen LogP contribution in [0.2, 0.25) is 5.02 Å². The minimum atomic E-state index is -0.277. The first kappa shape index (κ1) is 30.6. The van der Waals surface area contributed by atoms with E-state index < -0.39 is 0 Å². The van der Waals surface area contributed by atoms with Gasteiger partial charge in [0.1, 0.15) is 11.7 Å². The second-order valence-electron chi connectivity index (χ2n) is 10.5. The van der Waals surface area contributed by atoms with E-state index in [1.807, 2.05) is 37.3 Å². The molecule has 0 saturated carbocycles. The lowest BCUT2D eigenvalue weighted by Gasteiger charge is -2.31. The highest BCUT2D eigenvalue weighted by Gasteiger charge is 2.21. The van der Waals surface area contributed by atoms with Crippen LogP contribution in [0, 0.1) is 19.8 Å². The Morgan fingerprint density at radius 2 is 1.88 bits per heavy atom. The van der Waals surface area contributed by atoms with Gasteiger partial charge in [-0.2, -0.15) is 0 Å². The van der Waals surface area contributed by atoms with Gasteiger partial charge in [0.2, 0.25) is 0 Å². The number of ether oxygens (including phenoxy) is 1. The zero-order valence-electron chi connectivity index (χ0n) is 24.2. The molecule has 1 unspecified atom stereocenters. The Morgan fingerprint density at radius 1 is 1.10 bits per heavy atom. The van der Waals surface area contributed by atoms with Crippen LogP contribution in [0.25, 0.3) is 11.0 Å². The number of rotatable bonds is 7.